The van der Waals surface area contributed by atoms with Gasteiger partial charge < -0.3 is 15.0 Å². The molecular weight excluding hydrogens is 228 g/mol. The third kappa shape index (κ3) is 9.42. The van der Waals surface area contributed by atoms with E-state index in [2.05, 4.69) is 31.0 Å². The first-order chi connectivity index (χ1) is 8.63. The molecule has 0 radical (unpaired) electrons. The number of nitrogens with one attached hydrogen (secondary N) is 1. The summed E-state index contributed by atoms with van der Waals surface area (Å²) in [5.41, 5.74) is 0. The first-order valence-corrected chi connectivity index (χ1v) is 7.25. The summed E-state index contributed by atoms with van der Waals surface area (Å²) < 4.78 is 4.88. The SMILES string of the molecule is CCOC(=O)CCN[C@H](C)CCCN(CC)CC. The first-order valence-electron chi connectivity index (χ1n) is 7.25. The van der Waals surface area contributed by atoms with Gasteiger partial charge in [0, 0.05) is 12.6 Å². The van der Waals surface area contributed by atoms with Crippen LogP contribution < -0.4 is 5.32 Å². The average molecular weight is 258 g/mol. The molecule has 0 bridgehead atoms. The van der Waals surface area contributed by atoms with Crippen molar-refractivity contribution in [3.05, 3.63) is 0 Å². The number of hydrogen-bond donors (Lipinski definition) is 1. The Hall–Kier alpha value is -0.610. The van der Waals surface area contributed by atoms with E-state index in [1.165, 1.54) is 6.42 Å². The maximum absolute atomic E-state index is 11.1. The van der Waals surface area contributed by atoms with Gasteiger partial charge in [-0.2, -0.15) is 0 Å². The van der Waals surface area contributed by atoms with E-state index >= 15 is 0 Å². The van der Waals surface area contributed by atoms with Gasteiger partial charge in [0.15, 0.2) is 0 Å². The van der Waals surface area contributed by atoms with Gasteiger partial charge in [0.1, 0.15) is 0 Å². The van der Waals surface area contributed by atoms with Crippen LogP contribution in [0.5, 0.6) is 0 Å². The minimum Gasteiger partial charge on any atom is -0.466 e. The Morgan fingerprint density at radius 3 is 2.50 bits per heavy atom. The fourth-order valence-corrected chi connectivity index (χ4v) is 1.92. The highest BCUT2D eigenvalue weighted by atomic mass is 16.5. The third-order valence-corrected chi connectivity index (χ3v) is 3.13. The molecule has 4 heteroatoms. The molecule has 0 saturated carbocycles. The quantitative estimate of drug-likeness (QED) is 0.576. The van der Waals surface area contributed by atoms with Crippen LogP contribution >= 0.6 is 0 Å². The van der Waals surface area contributed by atoms with E-state index in [1.807, 2.05) is 6.92 Å². The molecule has 4 nitrogen and oxygen atoms in total. The summed E-state index contributed by atoms with van der Waals surface area (Å²) in [6, 6.07) is 0.468. The Morgan fingerprint density at radius 2 is 1.94 bits per heavy atom. The predicted molar refractivity (Wildman–Crippen MR) is 75.7 cm³/mol. The topological polar surface area (TPSA) is 41.6 Å². The second kappa shape index (κ2) is 11.5. The molecule has 18 heavy (non-hydrogen) atoms. The van der Waals surface area contributed by atoms with Crippen molar-refractivity contribution in [3.63, 3.8) is 0 Å². The molecular formula is C14H30N2O2. The largest absolute Gasteiger partial charge is 0.466 e. The number of rotatable bonds is 11. The normalized spacial score (nSPS) is 12.7. The van der Waals surface area contributed by atoms with E-state index in [4.69, 9.17) is 4.74 Å². The van der Waals surface area contributed by atoms with Crippen molar-refractivity contribution in [2.24, 2.45) is 0 Å². The Morgan fingerprint density at radius 1 is 1.28 bits per heavy atom. The van der Waals surface area contributed by atoms with Crippen LogP contribution in [-0.4, -0.2) is 49.7 Å². The number of carbonyl (C=O) groups is 1. The molecule has 0 aliphatic rings. The molecule has 0 spiro atoms. The lowest BCUT2D eigenvalue weighted by Crippen LogP contribution is -2.30. The van der Waals surface area contributed by atoms with E-state index < -0.39 is 0 Å². The highest BCUT2D eigenvalue weighted by Gasteiger charge is 2.05. The zero-order valence-corrected chi connectivity index (χ0v) is 12.5. The van der Waals surface area contributed by atoms with E-state index in [1.54, 1.807) is 0 Å². The van der Waals surface area contributed by atoms with Gasteiger partial charge in [-0.3, -0.25) is 4.79 Å². The van der Waals surface area contributed by atoms with Crippen LogP contribution in [0.3, 0.4) is 0 Å². The summed E-state index contributed by atoms with van der Waals surface area (Å²) in [7, 11) is 0. The minimum absolute atomic E-state index is 0.111. The van der Waals surface area contributed by atoms with Gasteiger partial charge in [0.2, 0.25) is 0 Å². The van der Waals surface area contributed by atoms with Gasteiger partial charge in [-0.25, -0.2) is 0 Å². The Labute approximate surface area is 112 Å². The molecule has 1 atom stereocenters. The predicted octanol–water partition coefficient (Wildman–Crippen LogP) is 2.04. The van der Waals surface area contributed by atoms with Gasteiger partial charge >= 0.3 is 5.97 Å². The summed E-state index contributed by atoms with van der Waals surface area (Å²) in [6.45, 7) is 13.0. The maximum Gasteiger partial charge on any atom is 0.307 e. The second-order valence-corrected chi connectivity index (χ2v) is 4.58. The second-order valence-electron chi connectivity index (χ2n) is 4.58. The van der Waals surface area contributed by atoms with E-state index in [0.29, 0.717) is 25.6 Å². The number of ether oxygens (including phenoxy) is 1. The maximum atomic E-state index is 11.1. The first kappa shape index (κ1) is 17.4. The number of carbonyl (C=O) groups excluding carboxylic acids is 1. The Balaban J connectivity index is 3.48. The highest BCUT2D eigenvalue weighted by Crippen LogP contribution is 1.99. The molecule has 0 rings (SSSR count). The molecule has 0 aromatic rings. The minimum atomic E-state index is -0.111. The molecule has 0 aliphatic carbocycles. The Bertz CT molecular complexity index is 206. The van der Waals surface area contributed by atoms with Crippen LogP contribution in [0.2, 0.25) is 0 Å². The zero-order valence-electron chi connectivity index (χ0n) is 12.5. The molecule has 0 heterocycles. The van der Waals surface area contributed by atoms with Crippen molar-refractivity contribution < 1.29 is 9.53 Å². The van der Waals surface area contributed by atoms with E-state index in [-0.39, 0.29) is 5.97 Å². The molecule has 0 unspecified atom stereocenters. The van der Waals surface area contributed by atoms with Gasteiger partial charge in [0.25, 0.3) is 0 Å². The fraction of sp³-hybridized carbons (Fsp3) is 0.929. The van der Waals surface area contributed by atoms with Gasteiger partial charge in [0.05, 0.1) is 13.0 Å². The van der Waals surface area contributed by atoms with Crippen LogP contribution in [0, 0.1) is 0 Å². The van der Waals surface area contributed by atoms with Gasteiger partial charge in [-0.15, -0.1) is 0 Å². The summed E-state index contributed by atoms with van der Waals surface area (Å²) in [4.78, 5) is 13.6. The molecule has 0 saturated heterocycles. The van der Waals surface area contributed by atoms with Gasteiger partial charge in [-0.05, 0) is 46.3 Å². The highest BCUT2D eigenvalue weighted by molar-refractivity contribution is 5.69. The van der Waals surface area contributed by atoms with Crippen LogP contribution in [0.4, 0.5) is 0 Å². The number of hydrogen-bond acceptors (Lipinski definition) is 4. The summed E-state index contributed by atoms with van der Waals surface area (Å²) in [5, 5.41) is 3.36. The molecule has 0 fully saturated rings. The monoisotopic (exact) mass is 258 g/mol. The lowest BCUT2D eigenvalue weighted by Gasteiger charge is -2.19. The molecule has 0 aliphatic heterocycles. The number of nitrogens with zero attached hydrogens (tertiary/aromatic N) is 1. The van der Waals surface area contributed by atoms with Crippen LogP contribution in [0.15, 0.2) is 0 Å². The van der Waals surface area contributed by atoms with Crippen LogP contribution in [0.1, 0.15) is 47.0 Å². The average Bonchev–Trinajstić information content (AvgIpc) is 2.35. The number of esters is 1. The van der Waals surface area contributed by atoms with Crippen molar-refractivity contribution >= 4 is 5.97 Å². The Kier molecular flexibility index (Phi) is 11.1. The zero-order chi connectivity index (χ0) is 13.8. The molecule has 1 N–H and O–H groups in total. The lowest BCUT2D eigenvalue weighted by molar-refractivity contribution is -0.142. The van der Waals surface area contributed by atoms with E-state index in [9.17, 15) is 4.79 Å². The lowest BCUT2D eigenvalue weighted by atomic mass is 10.1. The van der Waals surface area contributed by atoms with Crippen molar-refractivity contribution in [1.82, 2.24) is 10.2 Å². The van der Waals surface area contributed by atoms with Crippen molar-refractivity contribution in [2.75, 3.05) is 32.8 Å². The van der Waals surface area contributed by atoms with Gasteiger partial charge in [-0.1, -0.05) is 13.8 Å². The summed E-state index contributed by atoms with van der Waals surface area (Å²) in [6.07, 6.45) is 2.82. The smallest absolute Gasteiger partial charge is 0.307 e. The summed E-state index contributed by atoms with van der Waals surface area (Å²) >= 11 is 0. The fourth-order valence-electron chi connectivity index (χ4n) is 1.92. The summed E-state index contributed by atoms with van der Waals surface area (Å²) in [5.74, 6) is -0.111. The van der Waals surface area contributed by atoms with Crippen molar-refractivity contribution in [2.45, 2.75) is 53.0 Å². The molecule has 108 valence electrons. The van der Waals surface area contributed by atoms with Crippen LogP contribution in [0.25, 0.3) is 0 Å². The van der Waals surface area contributed by atoms with Crippen molar-refractivity contribution in [1.29, 1.82) is 0 Å². The third-order valence-electron chi connectivity index (χ3n) is 3.13. The van der Waals surface area contributed by atoms with Crippen molar-refractivity contribution in [3.8, 4) is 0 Å². The molecule has 0 aromatic carbocycles. The molecule has 0 aromatic heterocycles. The van der Waals surface area contributed by atoms with Crippen LogP contribution in [-0.2, 0) is 9.53 Å². The molecule has 0 amide bonds. The standard InChI is InChI=1S/C14H30N2O2/c1-5-16(6-2)12-8-9-13(4)15-11-10-14(17)18-7-3/h13,15H,5-12H2,1-4H3/t13-/m1/s1. The van der Waals surface area contributed by atoms with E-state index in [0.717, 1.165) is 26.1 Å².